The fraction of sp³-hybridized carbons (Fsp3) is 0.364. The maximum absolute atomic E-state index is 11.8. The number of thioether (sulfide) groups is 1. The summed E-state index contributed by atoms with van der Waals surface area (Å²) >= 11 is 1.58. The molecule has 1 heterocycles. The summed E-state index contributed by atoms with van der Waals surface area (Å²) < 4.78 is -0.403. The number of carbonyl (C=O) groups is 1. The van der Waals surface area contributed by atoms with Crippen LogP contribution in [-0.4, -0.2) is 10.7 Å². The molecule has 0 unspecified atom stereocenters. The van der Waals surface area contributed by atoms with Crippen molar-refractivity contribution in [2.45, 2.75) is 30.0 Å². The van der Waals surface area contributed by atoms with Crippen LogP contribution in [0.3, 0.4) is 0 Å². The van der Waals surface area contributed by atoms with Gasteiger partial charge in [0.2, 0.25) is 5.91 Å². The number of nitrogens with two attached hydrogens (primary N) is 1. The van der Waals surface area contributed by atoms with Gasteiger partial charge in [0, 0.05) is 11.4 Å². The van der Waals surface area contributed by atoms with Gasteiger partial charge in [0.25, 0.3) is 0 Å². The zero-order valence-corrected chi connectivity index (χ0v) is 9.65. The van der Waals surface area contributed by atoms with E-state index in [-0.39, 0.29) is 5.91 Å². The van der Waals surface area contributed by atoms with Gasteiger partial charge in [0.05, 0.1) is 10.4 Å². The number of para-hydroxylation sites is 1. The normalized spacial score (nSPS) is 18.2. The van der Waals surface area contributed by atoms with E-state index in [9.17, 15) is 4.79 Å². The topological polar surface area (TPSA) is 55.1 Å². The van der Waals surface area contributed by atoms with Gasteiger partial charge in [0.15, 0.2) is 0 Å². The highest BCUT2D eigenvalue weighted by Gasteiger charge is 2.34. The standard InChI is InChI=1S/C11H14N2OS/c1-11(2)10(14)13-9-7(6-12)4-3-5-8(9)15-11/h3-5H,6,12H2,1-2H3,(H,13,14). The van der Waals surface area contributed by atoms with Crippen molar-refractivity contribution in [3.05, 3.63) is 23.8 Å². The van der Waals surface area contributed by atoms with Gasteiger partial charge in [-0.3, -0.25) is 4.79 Å². The molecule has 3 N–H and O–H groups in total. The molecule has 0 fully saturated rings. The van der Waals surface area contributed by atoms with E-state index in [1.807, 2.05) is 32.0 Å². The first-order valence-corrected chi connectivity index (χ1v) is 5.68. The molecular weight excluding hydrogens is 208 g/mol. The average molecular weight is 222 g/mol. The van der Waals surface area contributed by atoms with Gasteiger partial charge in [0.1, 0.15) is 0 Å². The third-order valence-corrected chi connectivity index (χ3v) is 3.74. The largest absolute Gasteiger partial charge is 0.326 e. The van der Waals surface area contributed by atoms with Crippen molar-refractivity contribution in [3.63, 3.8) is 0 Å². The number of amides is 1. The fourth-order valence-electron chi connectivity index (χ4n) is 1.56. The summed E-state index contributed by atoms with van der Waals surface area (Å²) in [5.74, 6) is 0.0425. The SMILES string of the molecule is CC1(C)Sc2cccc(CN)c2NC1=O. The van der Waals surface area contributed by atoms with Crippen molar-refractivity contribution >= 4 is 23.4 Å². The van der Waals surface area contributed by atoms with Gasteiger partial charge < -0.3 is 11.1 Å². The molecule has 0 atom stereocenters. The van der Waals surface area contributed by atoms with Crippen LogP contribution in [0.5, 0.6) is 0 Å². The molecule has 1 aliphatic rings. The molecule has 2 rings (SSSR count). The second-order valence-corrected chi connectivity index (χ2v) is 5.73. The van der Waals surface area contributed by atoms with Crippen LogP contribution in [0.25, 0.3) is 0 Å². The lowest BCUT2D eigenvalue weighted by molar-refractivity contribution is -0.117. The van der Waals surface area contributed by atoms with Crippen LogP contribution in [0.4, 0.5) is 5.69 Å². The Morgan fingerprint density at radius 2 is 2.20 bits per heavy atom. The number of nitrogens with one attached hydrogen (secondary N) is 1. The van der Waals surface area contributed by atoms with Crippen molar-refractivity contribution in [2.24, 2.45) is 5.73 Å². The minimum atomic E-state index is -0.403. The smallest absolute Gasteiger partial charge is 0.240 e. The summed E-state index contributed by atoms with van der Waals surface area (Å²) in [6, 6.07) is 5.93. The van der Waals surface area contributed by atoms with Crippen molar-refractivity contribution in [3.8, 4) is 0 Å². The summed E-state index contributed by atoms with van der Waals surface area (Å²) in [5.41, 5.74) is 7.50. The molecule has 3 nitrogen and oxygen atoms in total. The Hall–Kier alpha value is -1.00. The van der Waals surface area contributed by atoms with Gasteiger partial charge in [-0.15, -0.1) is 11.8 Å². The predicted molar refractivity (Wildman–Crippen MR) is 62.9 cm³/mol. The van der Waals surface area contributed by atoms with Crippen LogP contribution >= 0.6 is 11.8 Å². The molecule has 1 amide bonds. The number of benzene rings is 1. The van der Waals surface area contributed by atoms with Crippen molar-refractivity contribution in [1.29, 1.82) is 0 Å². The molecule has 0 bridgehead atoms. The Labute approximate surface area is 93.4 Å². The number of rotatable bonds is 1. The number of fused-ring (bicyclic) bond motifs is 1. The predicted octanol–water partition coefficient (Wildman–Crippen LogP) is 1.97. The van der Waals surface area contributed by atoms with Gasteiger partial charge in [-0.05, 0) is 25.5 Å². The lowest BCUT2D eigenvalue weighted by atomic mass is 10.1. The lowest BCUT2D eigenvalue weighted by Gasteiger charge is -2.30. The number of carbonyl (C=O) groups excluding carboxylic acids is 1. The summed E-state index contributed by atoms with van der Waals surface area (Å²) in [7, 11) is 0. The summed E-state index contributed by atoms with van der Waals surface area (Å²) in [4.78, 5) is 12.9. The molecule has 15 heavy (non-hydrogen) atoms. The Morgan fingerprint density at radius 3 is 2.87 bits per heavy atom. The van der Waals surface area contributed by atoms with Gasteiger partial charge in [-0.1, -0.05) is 12.1 Å². The summed E-state index contributed by atoms with van der Waals surface area (Å²) in [5, 5.41) is 2.93. The number of anilines is 1. The zero-order valence-electron chi connectivity index (χ0n) is 8.83. The average Bonchev–Trinajstić information content (AvgIpc) is 2.18. The maximum Gasteiger partial charge on any atom is 0.240 e. The second-order valence-electron chi connectivity index (χ2n) is 4.06. The zero-order chi connectivity index (χ0) is 11.1. The van der Waals surface area contributed by atoms with Crippen LogP contribution in [0.15, 0.2) is 23.1 Å². The minimum absolute atomic E-state index is 0.0425. The van der Waals surface area contributed by atoms with Crippen molar-refractivity contribution in [1.82, 2.24) is 0 Å². The van der Waals surface area contributed by atoms with E-state index in [0.717, 1.165) is 16.1 Å². The minimum Gasteiger partial charge on any atom is -0.326 e. The van der Waals surface area contributed by atoms with Crippen LogP contribution in [0.1, 0.15) is 19.4 Å². The molecule has 0 aliphatic carbocycles. The van der Waals surface area contributed by atoms with Crippen LogP contribution in [0, 0.1) is 0 Å². The molecule has 80 valence electrons. The summed E-state index contributed by atoms with van der Waals surface area (Å²) in [6.07, 6.45) is 0. The Balaban J connectivity index is 2.49. The van der Waals surface area contributed by atoms with E-state index >= 15 is 0 Å². The van der Waals surface area contributed by atoms with Gasteiger partial charge in [-0.2, -0.15) is 0 Å². The Kier molecular flexibility index (Phi) is 2.48. The van der Waals surface area contributed by atoms with E-state index in [1.165, 1.54) is 0 Å². The molecular formula is C11H14N2OS. The molecule has 0 radical (unpaired) electrons. The molecule has 1 aromatic carbocycles. The highest BCUT2D eigenvalue weighted by atomic mass is 32.2. The molecule has 1 aliphatic heterocycles. The number of hydrogen-bond donors (Lipinski definition) is 2. The van der Waals surface area contributed by atoms with Crippen LogP contribution in [-0.2, 0) is 11.3 Å². The molecule has 0 aromatic heterocycles. The Bertz CT molecular complexity index is 415. The first-order chi connectivity index (χ1) is 7.04. The lowest BCUT2D eigenvalue weighted by Crippen LogP contribution is -2.37. The van der Waals surface area contributed by atoms with E-state index in [0.29, 0.717) is 6.54 Å². The maximum atomic E-state index is 11.8. The van der Waals surface area contributed by atoms with E-state index in [1.54, 1.807) is 11.8 Å². The van der Waals surface area contributed by atoms with Crippen molar-refractivity contribution in [2.75, 3.05) is 5.32 Å². The highest BCUT2D eigenvalue weighted by molar-refractivity contribution is 8.01. The van der Waals surface area contributed by atoms with Crippen molar-refractivity contribution < 1.29 is 4.79 Å². The van der Waals surface area contributed by atoms with E-state index in [4.69, 9.17) is 5.73 Å². The van der Waals surface area contributed by atoms with Crippen LogP contribution in [0.2, 0.25) is 0 Å². The monoisotopic (exact) mass is 222 g/mol. The molecule has 0 saturated carbocycles. The molecule has 0 spiro atoms. The van der Waals surface area contributed by atoms with Gasteiger partial charge >= 0.3 is 0 Å². The quantitative estimate of drug-likeness (QED) is 0.763. The molecule has 1 aromatic rings. The fourth-order valence-corrected chi connectivity index (χ4v) is 2.68. The molecule has 0 saturated heterocycles. The summed E-state index contributed by atoms with van der Waals surface area (Å²) in [6.45, 7) is 4.29. The second kappa shape index (κ2) is 3.54. The van der Waals surface area contributed by atoms with Crippen LogP contribution < -0.4 is 11.1 Å². The highest BCUT2D eigenvalue weighted by Crippen LogP contribution is 2.43. The van der Waals surface area contributed by atoms with E-state index < -0.39 is 4.75 Å². The first kappa shape index (κ1) is 10.5. The third kappa shape index (κ3) is 1.75. The third-order valence-electron chi connectivity index (χ3n) is 2.48. The molecule has 4 heteroatoms. The Morgan fingerprint density at radius 1 is 1.47 bits per heavy atom. The first-order valence-electron chi connectivity index (χ1n) is 4.87. The van der Waals surface area contributed by atoms with E-state index in [2.05, 4.69) is 5.32 Å². The van der Waals surface area contributed by atoms with Gasteiger partial charge in [-0.25, -0.2) is 0 Å². The number of hydrogen-bond acceptors (Lipinski definition) is 3.